The minimum Gasteiger partial charge on any atom is -0.465 e. The maximum absolute atomic E-state index is 13.0. The van der Waals surface area contributed by atoms with Crippen LogP contribution in [0.3, 0.4) is 0 Å². The summed E-state index contributed by atoms with van der Waals surface area (Å²) in [7, 11) is 0. The molecule has 2 N–H and O–H groups in total. The van der Waals surface area contributed by atoms with Crippen molar-refractivity contribution in [1.82, 2.24) is 20.2 Å². The molecule has 0 spiro atoms. The van der Waals surface area contributed by atoms with Crippen LogP contribution < -0.4 is 15.4 Å². The zero-order chi connectivity index (χ0) is 24.7. The van der Waals surface area contributed by atoms with Crippen LogP contribution in [0.4, 0.5) is 11.6 Å². The number of amides is 1. The van der Waals surface area contributed by atoms with Crippen LogP contribution in [-0.4, -0.2) is 60.2 Å². The van der Waals surface area contributed by atoms with Crippen molar-refractivity contribution < 1.29 is 14.3 Å². The number of ether oxygens (including phenoxy) is 2. The molecule has 2 aliphatic rings. The van der Waals surface area contributed by atoms with Gasteiger partial charge in [0.1, 0.15) is 5.75 Å². The number of carbonyl (C=O) groups excluding carboxylic acids is 1. The van der Waals surface area contributed by atoms with Crippen molar-refractivity contribution in [3.63, 3.8) is 0 Å². The lowest BCUT2D eigenvalue weighted by Gasteiger charge is -2.26. The summed E-state index contributed by atoms with van der Waals surface area (Å²) in [5, 5.41) is 6.37. The fourth-order valence-corrected chi connectivity index (χ4v) is 4.40. The molecule has 5 rings (SSSR count). The first kappa shape index (κ1) is 24.0. The van der Waals surface area contributed by atoms with Crippen LogP contribution in [0.1, 0.15) is 27.9 Å². The van der Waals surface area contributed by atoms with Gasteiger partial charge in [0.2, 0.25) is 5.95 Å². The molecule has 2 aliphatic heterocycles. The first-order valence-corrected chi connectivity index (χ1v) is 12.4. The third-order valence-corrected chi connectivity index (χ3v) is 6.28. The number of aromatic nitrogens is 2. The number of morpholine rings is 1. The number of allylic oxidation sites excluding steroid dienone is 1. The molecule has 36 heavy (non-hydrogen) atoms. The van der Waals surface area contributed by atoms with Crippen LogP contribution in [0, 0.1) is 6.92 Å². The van der Waals surface area contributed by atoms with E-state index in [-0.39, 0.29) is 5.91 Å². The number of anilines is 2. The minimum atomic E-state index is -0.0938. The molecule has 1 amide bonds. The van der Waals surface area contributed by atoms with Gasteiger partial charge in [-0.05, 0) is 73.8 Å². The highest BCUT2D eigenvalue weighted by Crippen LogP contribution is 2.27. The molecule has 1 fully saturated rings. The average Bonchev–Trinajstić information content (AvgIpc) is 2.90. The van der Waals surface area contributed by atoms with Crippen molar-refractivity contribution in [3.8, 4) is 17.0 Å². The van der Waals surface area contributed by atoms with E-state index in [1.165, 1.54) is 0 Å². The van der Waals surface area contributed by atoms with E-state index >= 15 is 0 Å². The Morgan fingerprint density at radius 3 is 2.94 bits per heavy atom. The molecule has 0 aliphatic carbocycles. The topological polar surface area (TPSA) is 88.6 Å². The van der Waals surface area contributed by atoms with Gasteiger partial charge >= 0.3 is 0 Å². The van der Waals surface area contributed by atoms with Gasteiger partial charge in [0.05, 0.1) is 25.2 Å². The van der Waals surface area contributed by atoms with Gasteiger partial charge in [-0.3, -0.25) is 9.69 Å². The maximum Gasteiger partial charge on any atom is 0.251 e. The van der Waals surface area contributed by atoms with Gasteiger partial charge < -0.3 is 20.1 Å². The number of nitrogens with zero attached hydrogens (tertiary/aromatic N) is 3. The Kier molecular flexibility index (Phi) is 7.54. The standard InChI is InChI=1S/C28H31N5O3/c1-20-19-30-28-31-24-16-21(5-3-12-36-25-7-2-6-22(18-25)26(20)32-28)15-23(17-24)27(34)29-8-4-9-33-10-13-35-14-11-33/h2-3,6-7,12,15-19H,4-5,8-11,13-14H2,1H3,(H,29,34)(H,30,31,32)/b12-3+. The van der Waals surface area contributed by atoms with E-state index < -0.39 is 0 Å². The fourth-order valence-electron chi connectivity index (χ4n) is 4.40. The summed E-state index contributed by atoms with van der Waals surface area (Å²) in [5.41, 5.74) is 5.09. The molecule has 186 valence electrons. The largest absolute Gasteiger partial charge is 0.465 e. The van der Waals surface area contributed by atoms with E-state index in [0.29, 0.717) is 24.5 Å². The van der Waals surface area contributed by atoms with Gasteiger partial charge in [0.25, 0.3) is 5.91 Å². The van der Waals surface area contributed by atoms with Gasteiger partial charge in [0, 0.05) is 42.6 Å². The highest BCUT2D eigenvalue weighted by molar-refractivity contribution is 5.95. The van der Waals surface area contributed by atoms with E-state index in [1.54, 1.807) is 12.5 Å². The van der Waals surface area contributed by atoms with Crippen LogP contribution in [0.2, 0.25) is 0 Å². The van der Waals surface area contributed by atoms with Gasteiger partial charge in [-0.2, -0.15) is 0 Å². The van der Waals surface area contributed by atoms with Gasteiger partial charge in [-0.15, -0.1) is 0 Å². The number of hydrogen-bond acceptors (Lipinski definition) is 7. The molecule has 6 bridgehead atoms. The zero-order valence-electron chi connectivity index (χ0n) is 20.5. The van der Waals surface area contributed by atoms with Crippen LogP contribution >= 0.6 is 0 Å². The van der Waals surface area contributed by atoms with E-state index in [9.17, 15) is 4.79 Å². The lowest BCUT2D eigenvalue weighted by atomic mass is 10.1. The van der Waals surface area contributed by atoms with Crippen molar-refractivity contribution in [3.05, 3.63) is 77.7 Å². The van der Waals surface area contributed by atoms with Crippen LogP contribution in [-0.2, 0) is 11.2 Å². The van der Waals surface area contributed by atoms with Crippen LogP contribution in [0.5, 0.6) is 5.75 Å². The molecule has 8 heteroatoms. The SMILES string of the molecule is Cc1cnc2nc1-c1cccc(c1)O/C=C/Cc1cc(cc(C(=O)NCCCN3CCOCC3)c1)N2. The highest BCUT2D eigenvalue weighted by Gasteiger charge is 2.13. The van der Waals surface area contributed by atoms with Crippen LogP contribution in [0.25, 0.3) is 11.3 Å². The van der Waals surface area contributed by atoms with E-state index in [2.05, 4.69) is 20.5 Å². The van der Waals surface area contributed by atoms with E-state index in [4.69, 9.17) is 14.5 Å². The quantitative estimate of drug-likeness (QED) is 0.526. The normalized spacial score (nSPS) is 16.2. The highest BCUT2D eigenvalue weighted by atomic mass is 16.5. The van der Waals surface area contributed by atoms with Crippen molar-refractivity contribution in [1.29, 1.82) is 0 Å². The summed E-state index contributed by atoms with van der Waals surface area (Å²) < 4.78 is 11.2. The monoisotopic (exact) mass is 485 g/mol. The number of hydrogen-bond donors (Lipinski definition) is 2. The molecule has 1 aromatic heterocycles. The molecule has 3 heterocycles. The second-order valence-electron chi connectivity index (χ2n) is 9.05. The van der Waals surface area contributed by atoms with Crippen molar-refractivity contribution >= 4 is 17.5 Å². The number of carbonyl (C=O) groups is 1. The van der Waals surface area contributed by atoms with E-state index in [1.807, 2.05) is 55.5 Å². The maximum atomic E-state index is 13.0. The third-order valence-electron chi connectivity index (χ3n) is 6.28. The molecular weight excluding hydrogens is 454 g/mol. The lowest BCUT2D eigenvalue weighted by Crippen LogP contribution is -2.38. The smallest absolute Gasteiger partial charge is 0.251 e. The first-order valence-electron chi connectivity index (χ1n) is 12.4. The Morgan fingerprint density at radius 1 is 1.17 bits per heavy atom. The molecule has 0 atom stereocenters. The Hall–Kier alpha value is -3.75. The Balaban J connectivity index is 1.35. The Bertz CT molecular complexity index is 1250. The second kappa shape index (κ2) is 11.3. The van der Waals surface area contributed by atoms with Crippen molar-refractivity contribution in [2.45, 2.75) is 19.8 Å². The summed E-state index contributed by atoms with van der Waals surface area (Å²) in [4.78, 5) is 24.6. The number of fused-ring (bicyclic) bond motifs is 7. The summed E-state index contributed by atoms with van der Waals surface area (Å²) in [6.07, 6.45) is 6.95. The molecule has 0 unspecified atom stereocenters. The lowest BCUT2D eigenvalue weighted by molar-refractivity contribution is 0.0374. The molecule has 1 saturated heterocycles. The predicted octanol–water partition coefficient (Wildman–Crippen LogP) is 4.10. The Morgan fingerprint density at radius 2 is 2.06 bits per heavy atom. The van der Waals surface area contributed by atoms with Crippen LogP contribution in [0.15, 0.2) is 61.0 Å². The summed E-state index contributed by atoms with van der Waals surface area (Å²) in [6, 6.07) is 13.6. The number of aryl methyl sites for hydroxylation is 1. The summed E-state index contributed by atoms with van der Waals surface area (Å²) in [6.45, 7) is 7.04. The third kappa shape index (κ3) is 6.08. The second-order valence-corrected chi connectivity index (χ2v) is 9.05. The molecule has 2 aromatic carbocycles. The number of nitrogens with one attached hydrogen (secondary N) is 2. The number of benzene rings is 2. The molecule has 8 nitrogen and oxygen atoms in total. The van der Waals surface area contributed by atoms with Gasteiger partial charge in [-0.1, -0.05) is 12.1 Å². The molecular formula is C28H31N5O3. The number of rotatable bonds is 5. The summed E-state index contributed by atoms with van der Waals surface area (Å²) in [5.74, 6) is 1.12. The van der Waals surface area contributed by atoms with Gasteiger partial charge in [0.15, 0.2) is 0 Å². The predicted molar refractivity (Wildman–Crippen MR) is 140 cm³/mol. The Labute approximate surface area is 211 Å². The fraction of sp³-hybridized carbons (Fsp3) is 0.321. The zero-order valence-corrected chi connectivity index (χ0v) is 20.5. The minimum absolute atomic E-state index is 0.0938. The van der Waals surface area contributed by atoms with Crippen molar-refractivity contribution in [2.75, 3.05) is 44.7 Å². The van der Waals surface area contributed by atoms with Gasteiger partial charge in [-0.25, -0.2) is 9.97 Å². The first-order chi connectivity index (χ1) is 17.6. The molecule has 3 aromatic rings. The molecule has 0 saturated carbocycles. The average molecular weight is 486 g/mol. The summed E-state index contributed by atoms with van der Waals surface area (Å²) >= 11 is 0. The van der Waals surface area contributed by atoms with E-state index in [0.717, 1.165) is 73.1 Å². The van der Waals surface area contributed by atoms with Crippen molar-refractivity contribution in [2.24, 2.45) is 0 Å². The molecule has 0 radical (unpaired) electrons.